The van der Waals surface area contributed by atoms with Gasteiger partial charge in [0.05, 0.1) is 18.2 Å². The minimum Gasteiger partial charge on any atom is -0.477 e. The third-order valence-electron chi connectivity index (χ3n) is 7.75. The van der Waals surface area contributed by atoms with Crippen molar-refractivity contribution >= 4 is 11.9 Å². The molecule has 0 radical (unpaired) electrons. The van der Waals surface area contributed by atoms with Crippen LogP contribution in [0.4, 0.5) is 13.2 Å². The van der Waals surface area contributed by atoms with Crippen LogP contribution in [-0.4, -0.2) is 56.8 Å². The SMILES string of the molecule is O=C(O)c1cn([C@H]2CC[C@H](N3CCOCC3=O)CC2)c(=O)n(C2CCc3c2cccc3C(F)(F)F)c1=O. The highest BCUT2D eigenvalue weighted by Gasteiger charge is 2.39. The molecule has 198 valence electrons. The molecule has 1 amide bonds. The van der Waals surface area contributed by atoms with E-state index in [1.807, 2.05) is 0 Å². The summed E-state index contributed by atoms with van der Waals surface area (Å²) in [5.41, 5.74) is -2.96. The van der Waals surface area contributed by atoms with Crippen LogP contribution in [0.5, 0.6) is 0 Å². The van der Waals surface area contributed by atoms with Crippen LogP contribution in [0.2, 0.25) is 0 Å². The molecule has 1 aromatic carbocycles. The van der Waals surface area contributed by atoms with E-state index in [0.717, 1.165) is 16.8 Å². The summed E-state index contributed by atoms with van der Waals surface area (Å²) in [6.45, 7) is 0.978. The number of halogens is 3. The van der Waals surface area contributed by atoms with Crippen LogP contribution in [0, 0.1) is 0 Å². The molecule has 0 bridgehead atoms. The smallest absolute Gasteiger partial charge is 0.416 e. The second-order valence-corrected chi connectivity index (χ2v) is 9.74. The van der Waals surface area contributed by atoms with E-state index in [9.17, 15) is 37.5 Å². The fourth-order valence-electron chi connectivity index (χ4n) is 6.00. The van der Waals surface area contributed by atoms with Gasteiger partial charge in [-0.3, -0.25) is 18.7 Å². The van der Waals surface area contributed by atoms with E-state index < -0.39 is 46.6 Å². The van der Waals surface area contributed by atoms with Gasteiger partial charge in [-0.25, -0.2) is 9.59 Å². The van der Waals surface area contributed by atoms with Gasteiger partial charge < -0.3 is 14.7 Å². The number of carboxylic acids is 1. The number of ether oxygens (including phenoxy) is 1. The molecule has 1 unspecified atom stereocenters. The largest absolute Gasteiger partial charge is 0.477 e. The number of nitrogens with zero attached hydrogens (tertiary/aromatic N) is 3. The fourth-order valence-corrected chi connectivity index (χ4v) is 6.00. The lowest BCUT2D eigenvalue weighted by molar-refractivity contribution is -0.146. The molecule has 5 rings (SSSR count). The Balaban J connectivity index is 1.51. The Morgan fingerprint density at radius 3 is 2.38 bits per heavy atom. The predicted octanol–water partition coefficient (Wildman–Crippen LogP) is 2.61. The Bertz CT molecular complexity index is 1360. The molecular formula is C25H26F3N3O6. The van der Waals surface area contributed by atoms with Gasteiger partial charge in [-0.1, -0.05) is 12.1 Å². The summed E-state index contributed by atoms with van der Waals surface area (Å²) in [6, 6.07) is 2.23. The van der Waals surface area contributed by atoms with Crippen LogP contribution >= 0.6 is 0 Å². The number of hydrogen-bond acceptors (Lipinski definition) is 5. The maximum absolute atomic E-state index is 13.6. The second-order valence-electron chi connectivity index (χ2n) is 9.74. The quantitative estimate of drug-likeness (QED) is 0.663. The number of fused-ring (bicyclic) bond motifs is 1. The number of carbonyl (C=O) groups excluding carboxylic acids is 1. The van der Waals surface area contributed by atoms with Crippen LogP contribution in [0.15, 0.2) is 34.0 Å². The zero-order valence-electron chi connectivity index (χ0n) is 19.9. The third kappa shape index (κ3) is 4.47. The first kappa shape index (κ1) is 25.2. The first-order valence-electron chi connectivity index (χ1n) is 12.2. The van der Waals surface area contributed by atoms with Crippen molar-refractivity contribution < 1.29 is 32.6 Å². The Hall–Kier alpha value is -3.41. The van der Waals surface area contributed by atoms with Gasteiger partial charge in [0, 0.05) is 24.8 Å². The van der Waals surface area contributed by atoms with Crippen molar-refractivity contribution in [2.75, 3.05) is 19.8 Å². The lowest BCUT2D eigenvalue weighted by Crippen LogP contribution is -2.50. The predicted molar refractivity (Wildman–Crippen MR) is 124 cm³/mol. The molecule has 2 aromatic rings. The Morgan fingerprint density at radius 2 is 1.73 bits per heavy atom. The maximum atomic E-state index is 13.6. The van der Waals surface area contributed by atoms with E-state index in [1.165, 1.54) is 16.7 Å². The molecule has 2 aliphatic carbocycles. The summed E-state index contributed by atoms with van der Waals surface area (Å²) in [5, 5.41) is 9.70. The Kier molecular flexibility index (Phi) is 6.47. The normalized spacial score (nSPS) is 24.2. The molecule has 2 heterocycles. The van der Waals surface area contributed by atoms with Crippen molar-refractivity contribution in [3.8, 4) is 0 Å². The van der Waals surface area contributed by atoms with Crippen molar-refractivity contribution in [2.45, 2.75) is 62.8 Å². The van der Waals surface area contributed by atoms with Crippen LogP contribution in [0.1, 0.15) is 71.2 Å². The number of rotatable bonds is 4. The number of aromatic carboxylic acids is 1. The van der Waals surface area contributed by atoms with Gasteiger partial charge in [0.15, 0.2) is 0 Å². The number of alkyl halides is 3. The lowest BCUT2D eigenvalue weighted by atomic mass is 9.89. The van der Waals surface area contributed by atoms with Gasteiger partial charge in [-0.2, -0.15) is 13.2 Å². The van der Waals surface area contributed by atoms with Crippen molar-refractivity contribution in [3.05, 3.63) is 67.5 Å². The summed E-state index contributed by atoms with van der Waals surface area (Å²) in [5.74, 6) is -1.60. The van der Waals surface area contributed by atoms with Crippen LogP contribution in [-0.2, 0) is 22.1 Å². The summed E-state index contributed by atoms with van der Waals surface area (Å²) in [4.78, 5) is 52.6. The highest BCUT2D eigenvalue weighted by atomic mass is 19.4. The Labute approximate surface area is 209 Å². The molecule has 12 heteroatoms. The monoisotopic (exact) mass is 521 g/mol. The molecule has 2 fully saturated rings. The average molecular weight is 521 g/mol. The fraction of sp³-hybridized carbons (Fsp3) is 0.520. The molecule has 1 aliphatic heterocycles. The van der Waals surface area contributed by atoms with Gasteiger partial charge in [0.1, 0.15) is 12.2 Å². The van der Waals surface area contributed by atoms with Gasteiger partial charge in [-0.15, -0.1) is 0 Å². The van der Waals surface area contributed by atoms with E-state index in [0.29, 0.717) is 38.8 Å². The third-order valence-corrected chi connectivity index (χ3v) is 7.75. The number of morpholine rings is 1. The van der Waals surface area contributed by atoms with Crippen molar-refractivity contribution in [3.63, 3.8) is 0 Å². The van der Waals surface area contributed by atoms with E-state index in [1.54, 1.807) is 4.90 Å². The molecule has 37 heavy (non-hydrogen) atoms. The zero-order valence-corrected chi connectivity index (χ0v) is 19.9. The molecule has 1 saturated carbocycles. The molecule has 3 aliphatic rings. The van der Waals surface area contributed by atoms with E-state index in [2.05, 4.69) is 0 Å². The summed E-state index contributed by atoms with van der Waals surface area (Å²) < 4.78 is 47.9. The van der Waals surface area contributed by atoms with E-state index >= 15 is 0 Å². The van der Waals surface area contributed by atoms with E-state index in [4.69, 9.17) is 4.74 Å². The highest BCUT2D eigenvalue weighted by Crippen LogP contribution is 2.41. The number of hydrogen-bond donors (Lipinski definition) is 1. The van der Waals surface area contributed by atoms with Crippen molar-refractivity contribution in [1.29, 1.82) is 0 Å². The first-order valence-corrected chi connectivity index (χ1v) is 12.2. The number of aromatic nitrogens is 2. The van der Waals surface area contributed by atoms with Crippen molar-refractivity contribution in [1.82, 2.24) is 14.0 Å². The summed E-state index contributed by atoms with van der Waals surface area (Å²) in [6.07, 6.45) is -1.32. The minimum atomic E-state index is -4.59. The number of carboxylic acid groups (broad SMARTS) is 1. The van der Waals surface area contributed by atoms with Crippen molar-refractivity contribution in [2.24, 2.45) is 0 Å². The first-order chi connectivity index (χ1) is 17.6. The van der Waals surface area contributed by atoms with Gasteiger partial charge >= 0.3 is 17.8 Å². The summed E-state index contributed by atoms with van der Waals surface area (Å²) in [7, 11) is 0. The van der Waals surface area contributed by atoms with Crippen LogP contribution < -0.4 is 11.2 Å². The Morgan fingerprint density at radius 1 is 1.03 bits per heavy atom. The lowest BCUT2D eigenvalue weighted by Gasteiger charge is -2.39. The van der Waals surface area contributed by atoms with Gasteiger partial charge in [0.2, 0.25) is 5.91 Å². The van der Waals surface area contributed by atoms with E-state index in [-0.39, 0.29) is 42.5 Å². The number of benzene rings is 1. The molecule has 1 saturated heterocycles. The average Bonchev–Trinajstić information content (AvgIpc) is 3.28. The maximum Gasteiger partial charge on any atom is 0.416 e. The molecular weight excluding hydrogens is 495 g/mol. The topological polar surface area (TPSA) is 111 Å². The number of carbonyl (C=O) groups is 2. The molecule has 1 atom stereocenters. The van der Waals surface area contributed by atoms with Crippen LogP contribution in [0.25, 0.3) is 0 Å². The van der Waals surface area contributed by atoms with Gasteiger partial charge in [-0.05, 0) is 55.7 Å². The molecule has 9 nitrogen and oxygen atoms in total. The highest BCUT2D eigenvalue weighted by molar-refractivity contribution is 5.86. The molecule has 0 spiro atoms. The minimum absolute atomic E-state index is 0.0115. The molecule has 1 N–H and O–H groups in total. The zero-order chi connectivity index (χ0) is 26.5. The van der Waals surface area contributed by atoms with Gasteiger partial charge in [0.25, 0.3) is 5.56 Å². The summed E-state index contributed by atoms with van der Waals surface area (Å²) >= 11 is 0. The number of amides is 1. The standard InChI is InChI=1S/C25H26F3N3O6/c26-25(27,28)19-3-1-2-17-16(19)8-9-20(17)31-22(33)18(23(34)35)12-30(24(31)36)15-6-4-14(5-7-15)29-10-11-37-13-21(29)32/h1-3,12,14-15,20H,4-11,13H2,(H,34,35)/t14-,15-,20?. The van der Waals surface area contributed by atoms with Crippen LogP contribution in [0.3, 0.4) is 0 Å². The molecule has 1 aromatic heterocycles. The second kappa shape index (κ2) is 9.47.